The third-order valence-electron chi connectivity index (χ3n) is 4.14. The maximum Gasteiger partial charge on any atom is 0.174 e. The molecule has 0 aliphatic rings. The Hall–Kier alpha value is -3.65. The second-order valence-corrected chi connectivity index (χ2v) is 6.28. The van der Waals surface area contributed by atoms with Crippen LogP contribution in [0.15, 0.2) is 72.8 Å². The topological polar surface area (TPSA) is 60.7 Å². The van der Waals surface area contributed by atoms with Crippen LogP contribution in [0, 0.1) is 18.3 Å². The summed E-state index contributed by atoms with van der Waals surface area (Å²) in [6.45, 7) is 3.18. The van der Waals surface area contributed by atoms with E-state index in [-0.39, 0.29) is 6.61 Å². The van der Waals surface area contributed by atoms with Gasteiger partial charge in [-0.15, -0.1) is 0 Å². The highest BCUT2D eigenvalue weighted by molar-refractivity contribution is 5.41. The molecule has 0 atom stereocenters. The number of aryl methyl sites for hydroxylation is 1. The molecule has 0 heterocycles. The third kappa shape index (κ3) is 6.18. The Morgan fingerprint density at radius 1 is 0.724 bits per heavy atom. The third-order valence-corrected chi connectivity index (χ3v) is 4.14. The molecule has 3 aromatic rings. The van der Waals surface area contributed by atoms with E-state index < -0.39 is 0 Å². The van der Waals surface area contributed by atoms with Crippen molar-refractivity contribution < 1.29 is 18.9 Å². The van der Waals surface area contributed by atoms with E-state index in [1.54, 1.807) is 0 Å². The van der Waals surface area contributed by atoms with Crippen LogP contribution in [0.2, 0.25) is 0 Å². The molecule has 0 saturated carbocycles. The maximum absolute atomic E-state index is 8.77. The number of ether oxygens (including phenoxy) is 4. The molecule has 0 fully saturated rings. The van der Waals surface area contributed by atoms with E-state index in [4.69, 9.17) is 24.2 Å². The summed E-state index contributed by atoms with van der Waals surface area (Å²) in [5.74, 6) is 2.92. The zero-order valence-corrected chi connectivity index (χ0v) is 16.3. The fourth-order valence-electron chi connectivity index (χ4n) is 2.79. The van der Waals surface area contributed by atoms with Gasteiger partial charge in [-0.1, -0.05) is 42.5 Å². The summed E-state index contributed by atoms with van der Waals surface area (Å²) in [7, 11) is 0. The average Bonchev–Trinajstić information content (AvgIpc) is 2.76. The standard InChI is InChI=1S/C24H23NO4/c1-19-7-5-8-20(24(19)28-14-13-25)18-29-23-12-6-11-22(17-23)27-16-15-26-21-9-3-2-4-10-21/h2-12,17H,14-16,18H2,1H3. The van der Waals surface area contributed by atoms with Gasteiger partial charge in [-0.3, -0.25) is 0 Å². The molecule has 0 aromatic heterocycles. The smallest absolute Gasteiger partial charge is 0.174 e. The monoisotopic (exact) mass is 389 g/mol. The van der Waals surface area contributed by atoms with Crippen molar-refractivity contribution in [1.29, 1.82) is 5.26 Å². The largest absolute Gasteiger partial charge is 0.490 e. The molecule has 0 aliphatic heterocycles. The molecule has 0 spiro atoms. The van der Waals surface area contributed by atoms with Gasteiger partial charge in [0.1, 0.15) is 48.9 Å². The Kier molecular flexibility index (Phi) is 7.36. The molecule has 5 nitrogen and oxygen atoms in total. The SMILES string of the molecule is Cc1cccc(COc2cccc(OCCOc3ccccc3)c2)c1OCC#N. The highest BCUT2D eigenvalue weighted by Gasteiger charge is 2.08. The highest BCUT2D eigenvalue weighted by Crippen LogP contribution is 2.26. The van der Waals surface area contributed by atoms with Gasteiger partial charge in [0.25, 0.3) is 0 Å². The van der Waals surface area contributed by atoms with Crippen molar-refractivity contribution in [3.8, 4) is 29.1 Å². The van der Waals surface area contributed by atoms with Crippen molar-refractivity contribution in [2.24, 2.45) is 0 Å². The molecular weight excluding hydrogens is 366 g/mol. The van der Waals surface area contributed by atoms with E-state index in [0.29, 0.717) is 37.1 Å². The van der Waals surface area contributed by atoms with E-state index in [0.717, 1.165) is 16.9 Å². The molecule has 29 heavy (non-hydrogen) atoms. The first kappa shape index (κ1) is 20.1. The molecule has 0 aliphatic carbocycles. The summed E-state index contributed by atoms with van der Waals surface area (Å²) < 4.78 is 22.8. The van der Waals surface area contributed by atoms with Crippen LogP contribution in [0.1, 0.15) is 11.1 Å². The van der Waals surface area contributed by atoms with Crippen LogP contribution >= 0.6 is 0 Å². The fraction of sp³-hybridized carbons (Fsp3) is 0.208. The molecule has 0 N–H and O–H groups in total. The van der Waals surface area contributed by atoms with Gasteiger partial charge >= 0.3 is 0 Å². The van der Waals surface area contributed by atoms with Crippen LogP contribution in [0.5, 0.6) is 23.0 Å². The average molecular weight is 389 g/mol. The lowest BCUT2D eigenvalue weighted by atomic mass is 10.1. The molecule has 0 bridgehead atoms. The minimum absolute atomic E-state index is 0.00618. The Morgan fingerprint density at radius 2 is 1.38 bits per heavy atom. The van der Waals surface area contributed by atoms with Crippen molar-refractivity contribution in [1.82, 2.24) is 0 Å². The molecule has 5 heteroatoms. The number of rotatable bonds is 10. The Morgan fingerprint density at radius 3 is 2.14 bits per heavy atom. The van der Waals surface area contributed by atoms with Crippen LogP contribution in [0.3, 0.4) is 0 Å². The zero-order valence-electron chi connectivity index (χ0n) is 16.3. The van der Waals surface area contributed by atoms with Gasteiger partial charge in [-0.05, 0) is 36.8 Å². The number of nitrogens with zero attached hydrogens (tertiary/aromatic N) is 1. The van der Waals surface area contributed by atoms with Gasteiger partial charge in [-0.2, -0.15) is 5.26 Å². The van der Waals surface area contributed by atoms with Gasteiger partial charge in [0.2, 0.25) is 0 Å². The molecule has 3 aromatic carbocycles. The Bertz CT molecular complexity index is 951. The summed E-state index contributed by atoms with van der Waals surface area (Å²) >= 11 is 0. The number of hydrogen-bond acceptors (Lipinski definition) is 5. The Balaban J connectivity index is 1.52. The van der Waals surface area contributed by atoms with E-state index in [2.05, 4.69) is 0 Å². The minimum atomic E-state index is 0.00618. The molecule has 3 rings (SSSR count). The predicted octanol–water partition coefficient (Wildman–Crippen LogP) is 4.93. The second kappa shape index (κ2) is 10.6. The van der Waals surface area contributed by atoms with Gasteiger partial charge in [0.15, 0.2) is 6.61 Å². The first-order valence-electron chi connectivity index (χ1n) is 9.38. The van der Waals surface area contributed by atoms with Crippen LogP contribution in [0.4, 0.5) is 0 Å². The van der Waals surface area contributed by atoms with Gasteiger partial charge in [0, 0.05) is 11.6 Å². The number of para-hydroxylation sites is 2. The van der Waals surface area contributed by atoms with Crippen molar-refractivity contribution >= 4 is 0 Å². The summed E-state index contributed by atoms with van der Waals surface area (Å²) in [4.78, 5) is 0. The van der Waals surface area contributed by atoms with Gasteiger partial charge in [0.05, 0.1) is 0 Å². The van der Waals surface area contributed by atoms with E-state index in [9.17, 15) is 0 Å². The van der Waals surface area contributed by atoms with Gasteiger partial charge < -0.3 is 18.9 Å². The molecule has 0 radical (unpaired) electrons. The van der Waals surface area contributed by atoms with E-state index >= 15 is 0 Å². The first-order valence-corrected chi connectivity index (χ1v) is 9.38. The highest BCUT2D eigenvalue weighted by atomic mass is 16.5. The summed E-state index contributed by atoms with van der Waals surface area (Å²) in [5.41, 5.74) is 1.86. The maximum atomic E-state index is 8.77. The van der Waals surface area contributed by atoms with Crippen molar-refractivity contribution in [3.05, 3.63) is 83.9 Å². The lowest BCUT2D eigenvalue weighted by molar-refractivity contribution is 0.216. The van der Waals surface area contributed by atoms with Crippen LogP contribution in [-0.2, 0) is 6.61 Å². The summed E-state index contributed by atoms with van der Waals surface area (Å²) in [6, 6.07) is 24.9. The summed E-state index contributed by atoms with van der Waals surface area (Å²) in [5, 5.41) is 8.77. The number of benzene rings is 3. The number of hydrogen-bond donors (Lipinski definition) is 0. The quantitative estimate of drug-likeness (QED) is 0.460. The fourth-order valence-corrected chi connectivity index (χ4v) is 2.79. The van der Waals surface area contributed by atoms with Crippen LogP contribution < -0.4 is 18.9 Å². The molecule has 0 saturated heterocycles. The van der Waals surface area contributed by atoms with Crippen LogP contribution in [0.25, 0.3) is 0 Å². The normalized spacial score (nSPS) is 10.1. The lowest BCUT2D eigenvalue weighted by Gasteiger charge is -2.14. The van der Waals surface area contributed by atoms with Crippen molar-refractivity contribution in [2.45, 2.75) is 13.5 Å². The van der Waals surface area contributed by atoms with Crippen molar-refractivity contribution in [3.63, 3.8) is 0 Å². The van der Waals surface area contributed by atoms with Crippen LogP contribution in [-0.4, -0.2) is 19.8 Å². The first-order chi connectivity index (χ1) is 14.3. The number of nitriles is 1. The van der Waals surface area contributed by atoms with E-state index in [1.807, 2.05) is 85.8 Å². The lowest BCUT2D eigenvalue weighted by Crippen LogP contribution is -2.09. The summed E-state index contributed by atoms with van der Waals surface area (Å²) in [6.07, 6.45) is 0. The molecule has 0 amide bonds. The van der Waals surface area contributed by atoms with E-state index in [1.165, 1.54) is 0 Å². The predicted molar refractivity (Wildman–Crippen MR) is 110 cm³/mol. The minimum Gasteiger partial charge on any atom is -0.490 e. The second-order valence-electron chi connectivity index (χ2n) is 6.28. The molecule has 0 unspecified atom stereocenters. The molecular formula is C24H23NO4. The zero-order chi connectivity index (χ0) is 20.3. The van der Waals surface area contributed by atoms with Gasteiger partial charge in [-0.25, -0.2) is 0 Å². The van der Waals surface area contributed by atoms with Crippen molar-refractivity contribution in [2.75, 3.05) is 19.8 Å². The molecule has 148 valence electrons. The Labute approximate surface area is 171 Å².